The fourth-order valence-corrected chi connectivity index (χ4v) is 5.82. The number of rotatable bonds is 6. The normalized spacial score (nSPS) is 18.3. The molecule has 5 N–H and O–H groups in total. The second kappa shape index (κ2) is 9.94. The van der Waals surface area contributed by atoms with Gasteiger partial charge in [0.15, 0.2) is 0 Å². The van der Waals surface area contributed by atoms with Gasteiger partial charge in [0, 0.05) is 12.5 Å². The van der Waals surface area contributed by atoms with E-state index in [-0.39, 0.29) is 46.2 Å². The average Bonchev–Trinajstić information content (AvgIpc) is 3.46. The molecule has 0 aliphatic heterocycles. The van der Waals surface area contributed by atoms with E-state index in [9.17, 15) is 14.7 Å². The molecule has 36 heavy (non-hydrogen) atoms. The standard InChI is InChI=1S/C27H27N5O3S/c1-15-29-26(25(28)27(35)30-15)21(33)12-16-7-9-19(11-16)31-23(34)14-24-32-20-10-8-18(13-22(20)36-24)17-5-3-2-4-6-17/h2-6,8,10,13,16,19,28-29,33H,1,7,9,11-12,14H2,(H,30,35)(H,31,34). The van der Waals surface area contributed by atoms with Gasteiger partial charge in [-0.3, -0.25) is 15.0 Å². The lowest BCUT2D eigenvalue weighted by atomic mass is 10.0. The molecule has 9 heteroatoms. The van der Waals surface area contributed by atoms with E-state index in [2.05, 4.69) is 51.1 Å². The zero-order valence-electron chi connectivity index (χ0n) is 19.6. The van der Waals surface area contributed by atoms with Crippen LogP contribution in [-0.4, -0.2) is 32.0 Å². The molecule has 184 valence electrons. The second-order valence-corrected chi connectivity index (χ2v) is 10.4. The highest BCUT2D eigenvalue weighted by atomic mass is 32.1. The Labute approximate surface area is 210 Å². The third kappa shape index (κ3) is 5.16. The van der Waals surface area contributed by atoms with Gasteiger partial charge in [-0.15, -0.1) is 11.3 Å². The van der Waals surface area contributed by atoms with Crippen molar-refractivity contribution in [1.82, 2.24) is 20.3 Å². The first-order chi connectivity index (χ1) is 17.4. The van der Waals surface area contributed by atoms with Crippen LogP contribution in [0.3, 0.4) is 0 Å². The number of carbonyl (C=O) groups excluding carboxylic acids is 1. The number of thiazole rings is 1. The van der Waals surface area contributed by atoms with Crippen LogP contribution in [0.2, 0.25) is 0 Å². The molecule has 2 atom stereocenters. The van der Waals surface area contributed by atoms with Gasteiger partial charge in [-0.25, -0.2) is 4.98 Å². The van der Waals surface area contributed by atoms with Gasteiger partial charge < -0.3 is 20.4 Å². The Morgan fingerprint density at radius 3 is 2.78 bits per heavy atom. The Kier molecular flexibility index (Phi) is 6.56. The monoisotopic (exact) mass is 501 g/mol. The summed E-state index contributed by atoms with van der Waals surface area (Å²) >= 11 is 1.54. The van der Waals surface area contributed by atoms with Gasteiger partial charge in [-0.2, -0.15) is 0 Å². The van der Waals surface area contributed by atoms with Crippen molar-refractivity contribution in [1.29, 1.82) is 5.41 Å². The van der Waals surface area contributed by atoms with E-state index in [1.165, 1.54) is 11.3 Å². The van der Waals surface area contributed by atoms with Gasteiger partial charge in [0.1, 0.15) is 27.0 Å². The topological polar surface area (TPSA) is 135 Å². The molecule has 2 unspecified atom stereocenters. The predicted octanol–water partition coefficient (Wildman–Crippen LogP) is 2.45. The van der Waals surface area contributed by atoms with Crippen molar-refractivity contribution in [3.63, 3.8) is 0 Å². The molecule has 0 radical (unpaired) electrons. The van der Waals surface area contributed by atoms with E-state index in [0.29, 0.717) is 6.42 Å². The predicted molar refractivity (Wildman–Crippen MR) is 141 cm³/mol. The van der Waals surface area contributed by atoms with Crippen molar-refractivity contribution in [2.24, 2.45) is 5.92 Å². The molecule has 5 rings (SSSR count). The molecule has 1 saturated carbocycles. The molecule has 1 aliphatic carbocycles. The summed E-state index contributed by atoms with van der Waals surface area (Å²) in [5.74, 6) is 0.0566. The summed E-state index contributed by atoms with van der Waals surface area (Å²) in [5, 5.41) is 22.1. The van der Waals surface area contributed by atoms with E-state index < -0.39 is 5.56 Å². The summed E-state index contributed by atoms with van der Waals surface area (Å²) in [6.07, 6.45) is 2.95. The Balaban J connectivity index is 1.20. The number of nitrogens with one attached hydrogen (secondary N) is 4. The first kappa shape index (κ1) is 23.7. The van der Waals surface area contributed by atoms with E-state index in [0.717, 1.165) is 45.6 Å². The molecule has 2 aromatic carbocycles. The molecule has 1 amide bonds. The summed E-state index contributed by atoms with van der Waals surface area (Å²) < 4.78 is 1.06. The van der Waals surface area contributed by atoms with Crippen LogP contribution < -0.4 is 27.1 Å². The number of carbonyl (C=O) groups is 1. The highest BCUT2D eigenvalue weighted by Gasteiger charge is 2.27. The lowest BCUT2D eigenvalue weighted by Crippen LogP contribution is -2.48. The van der Waals surface area contributed by atoms with Crippen molar-refractivity contribution >= 4 is 39.8 Å². The maximum Gasteiger partial charge on any atom is 0.276 e. The summed E-state index contributed by atoms with van der Waals surface area (Å²) in [7, 11) is 0. The number of aromatic amines is 2. The summed E-state index contributed by atoms with van der Waals surface area (Å²) in [4.78, 5) is 34.3. The number of aliphatic hydroxyl groups excluding tert-OH is 1. The minimum atomic E-state index is -0.594. The Hall–Kier alpha value is -3.98. The number of hydrogen-bond acceptors (Lipinski definition) is 6. The number of H-pyrrole nitrogens is 2. The number of aromatic nitrogens is 3. The minimum absolute atomic E-state index is 0.0244. The fourth-order valence-electron chi connectivity index (χ4n) is 4.82. The molecule has 0 saturated heterocycles. The minimum Gasteiger partial charge on any atom is -0.510 e. The number of nitrogens with zero attached hydrogens (tertiary/aromatic N) is 1. The maximum atomic E-state index is 12.7. The first-order valence-corrected chi connectivity index (χ1v) is 12.7. The molecule has 2 aromatic heterocycles. The van der Waals surface area contributed by atoms with Crippen LogP contribution in [0, 0.1) is 11.3 Å². The number of hydrogen-bond donors (Lipinski definition) is 5. The van der Waals surface area contributed by atoms with Crippen LogP contribution in [0.25, 0.3) is 33.7 Å². The van der Waals surface area contributed by atoms with Gasteiger partial charge in [0.05, 0.1) is 16.6 Å². The van der Waals surface area contributed by atoms with E-state index in [1.807, 2.05) is 24.3 Å². The van der Waals surface area contributed by atoms with Crippen molar-refractivity contribution in [2.75, 3.05) is 0 Å². The fraction of sp³-hybridized carbons (Fsp3) is 0.259. The zero-order valence-corrected chi connectivity index (χ0v) is 20.5. The largest absolute Gasteiger partial charge is 0.510 e. The van der Waals surface area contributed by atoms with Crippen molar-refractivity contribution in [3.8, 4) is 11.1 Å². The maximum absolute atomic E-state index is 12.7. The van der Waals surface area contributed by atoms with Crippen LogP contribution in [0.15, 0.2) is 53.3 Å². The van der Waals surface area contributed by atoms with E-state index in [4.69, 9.17) is 5.41 Å². The zero-order chi connectivity index (χ0) is 25.2. The lowest BCUT2D eigenvalue weighted by Gasteiger charge is -2.13. The molecule has 0 bridgehead atoms. The molecule has 1 aliphatic rings. The number of benzene rings is 2. The van der Waals surface area contributed by atoms with E-state index >= 15 is 0 Å². The smallest absolute Gasteiger partial charge is 0.276 e. The molecule has 8 nitrogen and oxygen atoms in total. The van der Waals surface area contributed by atoms with Crippen LogP contribution >= 0.6 is 11.3 Å². The molecule has 1 fully saturated rings. The molecule has 4 aromatic rings. The SMILES string of the molecule is C=c1[nH]c(=O)c(=N)c(=C(O)CC2CCC(NC(=O)Cc3nc4ccc(-c5ccccc5)cc4s3)C2)[nH]1. The van der Waals surface area contributed by atoms with Gasteiger partial charge in [-0.05, 0) is 48.4 Å². The Bertz CT molecular complexity index is 1650. The van der Waals surface area contributed by atoms with Crippen LogP contribution in [0.4, 0.5) is 0 Å². The van der Waals surface area contributed by atoms with Crippen molar-refractivity contribution in [3.05, 3.63) is 80.1 Å². The third-order valence-corrected chi connectivity index (χ3v) is 7.56. The Morgan fingerprint density at radius 1 is 1.17 bits per heavy atom. The summed E-state index contributed by atoms with van der Waals surface area (Å²) in [6, 6.07) is 16.4. The quantitative estimate of drug-likeness (QED) is 0.277. The highest BCUT2D eigenvalue weighted by molar-refractivity contribution is 7.18. The number of aliphatic hydroxyl groups is 1. The third-order valence-electron chi connectivity index (χ3n) is 6.55. The van der Waals surface area contributed by atoms with Gasteiger partial charge in [0.25, 0.3) is 5.56 Å². The molecule has 0 spiro atoms. The van der Waals surface area contributed by atoms with Gasteiger partial charge in [0.2, 0.25) is 5.91 Å². The van der Waals surface area contributed by atoms with Crippen molar-refractivity contribution in [2.45, 2.75) is 38.1 Å². The number of fused-ring (bicyclic) bond motifs is 1. The number of amides is 1. The second-order valence-electron chi connectivity index (χ2n) is 9.23. The first-order valence-electron chi connectivity index (χ1n) is 11.9. The van der Waals surface area contributed by atoms with Crippen LogP contribution in [0.1, 0.15) is 30.7 Å². The molecule has 2 heterocycles. The van der Waals surface area contributed by atoms with Gasteiger partial charge >= 0.3 is 0 Å². The molecular formula is C27H27N5O3S. The average molecular weight is 502 g/mol. The Morgan fingerprint density at radius 2 is 1.97 bits per heavy atom. The highest BCUT2D eigenvalue weighted by Crippen LogP contribution is 2.31. The summed E-state index contributed by atoms with van der Waals surface area (Å²) in [5.41, 5.74) is 2.81. The molecular weight excluding hydrogens is 474 g/mol. The van der Waals surface area contributed by atoms with Gasteiger partial charge in [-0.1, -0.05) is 43.0 Å². The van der Waals surface area contributed by atoms with Crippen molar-refractivity contribution < 1.29 is 9.90 Å². The van der Waals surface area contributed by atoms with Crippen LogP contribution in [0.5, 0.6) is 0 Å². The van der Waals surface area contributed by atoms with E-state index in [1.54, 1.807) is 0 Å². The van der Waals surface area contributed by atoms with Crippen LogP contribution in [-0.2, 0) is 11.2 Å². The lowest BCUT2D eigenvalue weighted by molar-refractivity contribution is -0.121. The summed E-state index contributed by atoms with van der Waals surface area (Å²) in [6.45, 7) is 3.64.